The third kappa shape index (κ3) is 2.68. The van der Waals surface area contributed by atoms with Gasteiger partial charge in [-0.15, -0.1) is 11.3 Å². The number of thiazole rings is 1. The van der Waals surface area contributed by atoms with Crippen LogP contribution in [0.2, 0.25) is 0 Å². The van der Waals surface area contributed by atoms with Crippen LogP contribution in [0.5, 0.6) is 0 Å². The van der Waals surface area contributed by atoms with E-state index in [1.807, 2.05) is 13.8 Å². The number of ether oxygens (including phenoxy) is 1. The minimum atomic E-state index is -0.913. The molecule has 0 amide bonds. The molecule has 96 valence electrons. The van der Waals surface area contributed by atoms with E-state index in [0.29, 0.717) is 12.0 Å². The standard InChI is InChI=1S/C13H15NO3S/c1-13(2,17-3)7-11-14-9-5-4-8(12(15)16)6-10(9)18-11/h4-6H,7H2,1-3H3,(H,15,16). The molecule has 4 nitrogen and oxygen atoms in total. The molecule has 1 aromatic heterocycles. The van der Waals surface area contributed by atoms with Gasteiger partial charge in [-0.3, -0.25) is 0 Å². The summed E-state index contributed by atoms with van der Waals surface area (Å²) in [5.41, 5.74) is 0.874. The van der Waals surface area contributed by atoms with Gasteiger partial charge in [-0.1, -0.05) is 0 Å². The Hall–Kier alpha value is -1.46. The van der Waals surface area contributed by atoms with Crippen molar-refractivity contribution in [1.82, 2.24) is 4.98 Å². The Kier molecular flexibility index (Phi) is 3.36. The van der Waals surface area contributed by atoms with E-state index in [1.54, 1.807) is 25.3 Å². The normalized spacial score (nSPS) is 11.9. The molecule has 0 saturated heterocycles. The first-order chi connectivity index (χ1) is 8.41. The van der Waals surface area contributed by atoms with Crippen LogP contribution in [0.25, 0.3) is 10.2 Å². The molecule has 0 atom stereocenters. The Balaban J connectivity index is 2.35. The molecule has 0 bridgehead atoms. The van der Waals surface area contributed by atoms with Crippen molar-refractivity contribution in [3.8, 4) is 0 Å². The van der Waals surface area contributed by atoms with Crippen LogP contribution in [0, 0.1) is 0 Å². The number of rotatable bonds is 4. The number of carboxylic acid groups (broad SMARTS) is 1. The van der Waals surface area contributed by atoms with E-state index in [2.05, 4.69) is 4.98 Å². The molecule has 1 heterocycles. The van der Waals surface area contributed by atoms with Gasteiger partial charge in [-0.05, 0) is 32.0 Å². The van der Waals surface area contributed by atoms with Crippen LogP contribution < -0.4 is 0 Å². The SMILES string of the molecule is COC(C)(C)Cc1nc2ccc(C(=O)O)cc2s1. The fourth-order valence-corrected chi connectivity index (χ4v) is 2.84. The van der Waals surface area contributed by atoms with Crippen molar-refractivity contribution < 1.29 is 14.6 Å². The average Bonchev–Trinajstić information content (AvgIpc) is 2.68. The first kappa shape index (κ1) is 13.0. The zero-order valence-corrected chi connectivity index (χ0v) is 11.4. The van der Waals surface area contributed by atoms with Gasteiger partial charge in [-0.2, -0.15) is 0 Å². The van der Waals surface area contributed by atoms with E-state index in [0.717, 1.165) is 15.2 Å². The molecule has 0 aliphatic carbocycles. The second-order valence-electron chi connectivity index (χ2n) is 4.74. The maximum absolute atomic E-state index is 10.9. The van der Waals surface area contributed by atoms with E-state index in [1.165, 1.54) is 11.3 Å². The maximum Gasteiger partial charge on any atom is 0.335 e. The number of aromatic nitrogens is 1. The van der Waals surface area contributed by atoms with E-state index < -0.39 is 5.97 Å². The number of hydrogen-bond donors (Lipinski definition) is 1. The fraction of sp³-hybridized carbons (Fsp3) is 0.385. The molecule has 1 aromatic carbocycles. The molecule has 0 fully saturated rings. The molecule has 1 N–H and O–H groups in total. The van der Waals surface area contributed by atoms with Gasteiger partial charge < -0.3 is 9.84 Å². The second kappa shape index (κ2) is 4.66. The van der Waals surface area contributed by atoms with Gasteiger partial charge in [0, 0.05) is 13.5 Å². The van der Waals surface area contributed by atoms with Crippen molar-refractivity contribution in [3.63, 3.8) is 0 Å². The molecule has 0 radical (unpaired) electrons. The zero-order valence-electron chi connectivity index (χ0n) is 10.6. The van der Waals surface area contributed by atoms with Gasteiger partial charge in [0.05, 0.1) is 26.4 Å². The minimum Gasteiger partial charge on any atom is -0.478 e. The lowest BCUT2D eigenvalue weighted by molar-refractivity contribution is 0.0232. The lowest BCUT2D eigenvalue weighted by Gasteiger charge is -2.20. The predicted molar refractivity (Wildman–Crippen MR) is 71.4 cm³/mol. The first-order valence-corrected chi connectivity index (χ1v) is 6.41. The van der Waals surface area contributed by atoms with Crippen LogP contribution in [-0.2, 0) is 11.2 Å². The lowest BCUT2D eigenvalue weighted by atomic mass is 10.1. The molecule has 2 rings (SSSR count). The van der Waals surface area contributed by atoms with Crippen molar-refractivity contribution in [1.29, 1.82) is 0 Å². The number of hydrogen-bond acceptors (Lipinski definition) is 4. The van der Waals surface area contributed by atoms with Crippen LogP contribution in [0.15, 0.2) is 18.2 Å². The summed E-state index contributed by atoms with van der Waals surface area (Å²) in [7, 11) is 1.68. The summed E-state index contributed by atoms with van der Waals surface area (Å²) in [6, 6.07) is 4.99. The highest BCUT2D eigenvalue weighted by atomic mass is 32.1. The lowest BCUT2D eigenvalue weighted by Crippen LogP contribution is -2.25. The van der Waals surface area contributed by atoms with Gasteiger partial charge in [0.25, 0.3) is 0 Å². The van der Waals surface area contributed by atoms with Gasteiger partial charge >= 0.3 is 5.97 Å². The summed E-state index contributed by atoms with van der Waals surface area (Å²) in [5, 5.41) is 9.90. The quantitative estimate of drug-likeness (QED) is 0.923. The Bertz CT molecular complexity index is 589. The number of nitrogens with zero attached hydrogens (tertiary/aromatic N) is 1. The average molecular weight is 265 g/mol. The van der Waals surface area contributed by atoms with Crippen LogP contribution in [0.4, 0.5) is 0 Å². The van der Waals surface area contributed by atoms with E-state index in [4.69, 9.17) is 9.84 Å². The predicted octanol–water partition coefficient (Wildman–Crippen LogP) is 2.96. The number of aromatic carboxylic acids is 1. The van der Waals surface area contributed by atoms with Gasteiger partial charge in [0.1, 0.15) is 0 Å². The molecule has 2 aromatic rings. The molecule has 0 saturated carbocycles. The summed E-state index contributed by atoms with van der Waals surface area (Å²) < 4.78 is 6.27. The van der Waals surface area contributed by atoms with Crippen LogP contribution in [0.1, 0.15) is 29.2 Å². The fourth-order valence-electron chi connectivity index (χ4n) is 1.62. The molecular formula is C13H15NO3S. The van der Waals surface area contributed by atoms with Crippen LogP contribution in [-0.4, -0.2) is 28.8 Å². The zero-order chi connectivity index (χ0) is 13.3. The summed E-state index contributed by atoms with van der Waals surface area (Å²) >= 11 is 1.52. The van der Waals surface area contributed by atoms with Crippen LogP contribution >= 0.6 is 11.3 Å². The van der Waals surface area contributed by atoms with Crippen molar-refractivity contribution in [3.05, 3.63) is 28.8 Å². The highest BCUT2D eigenvalue weighted by Crippen LogP contribution is 2.26. The van der Waals surface area contributed by atoms with Crippen molar-refractivity contribution in [2.24, 2.45) is 0 Å². The Labute approximate surface area is 109 Å². The van der Waals surface area contributed by atoms with E-state index in [-0.39, 0.29) is 5.60 Å². The van der Waals surface area contributed by atoms with Gasteiger partial charge in [0.2, 0.25) is 0 Å². The van der Waals surface area contributed by atoms with Crippen LogP contribution in [0.3, 0.4) is 0 Å². The number of carbonyl (C=O) groups is 1. The number of benzene rings is 1. The summed E-state index contributed by atoms with van der Waals surface area (Å²) in [4.78, 5) is 15.4. The second-order valence-corrected chi connectivity index (χ2v) is 5.85. The van der Waals surface area contributed by atoms with E-state index in [9.17, 15) is 4.79 Å². The Morgan fingerprint density at radius 2 is 2.22 bits per heavy atom. The van der Waals surface area contributed by atoms with Gasteiger partial charge in [0.15, 0.2) is 0 Å². The molecule has 18 heavy (non-hydrogen) atoms. The number of fused-ring (bicyclic) bond motifs is 1. The van der Waals surface area contributed by atoms with Gasteiger partial charge in [-0.25, -0.2) is 9.78 Å². The highest BCUT2D eigenvalue weighted by Gasteiger charge is 2.19. The largest absolute Gasteiger partial charge is 0.478 e. The summed E-state index contributed by atoms with van der Waals surface area (Å²) in [6.45, 7) is 4.00. The summed E-state index contributed by atoms with van der Waals surface area (Å²) in [6.07, 6.45) is 0.714. The molecule has 0 unspecified atom stereocenters. The van der Waals surface area contributed by atoms with E-state index >= 15 is 0 Å². The Morgan fingerprint density at radius 3 is 2.83 bits per heavy atom. The van der Waals surface area contributed by atoms with Crippen molar-refractivity contribution in [2.45, 2.75) is 25.9 Å². The smallest absolute Gasteiger partial charge is 0.335 e. The Morgan fingerprint density at radius 1 is 1.50 bits per heavy atom. The molecule has 5 heteroatoms. The first-order valence-electron chi connectivity index (χ1n) is 5.59. The number of carboxylic acids is 1. The third-order valence-electron chi connectivity index (χ3n) is 2.81. The molecule has 0 spiro atoms. The van der Waals surface area contributed by atoms with Crippen molar-refractivity contribution in [2.75, 3.05) is 7.11 Å². The van der Waals surface area contributed by atoms with Crippen molar-refractivity contribution >= 4 is 27.5 Å². The number of methoxy groups -OCH3 is 1. The minimum absolute atomic E-state index is 0.260. The maximum atomic E-state index is 10.9. The molecule has 0 aliphatic rings. The molecular weight excluding hydrogens is 250 g/mol. The third-order valence-corrected chi connectivity index (χ3v) is 3.83. The topological polar surface area (TPSA) is 59.4 Å². The highest BCUT2D eigenvalue weighted by molar-refractivity contribution is 7.18. The molecule has 0 aliphatic heterocycles. The summed E-state index contributed by atoms with van der Waals surface area (Å²) in [5.74, 6) is -0.913. The monoisotopic (exact) mass is 265 g/mol.